The number of nitrogens with zero attached hydrogens (tertiary/aromatic N) is 2. The van der Waals surface area contributed by atoms with E-state index in [4.69, 9.17) is 5.73 Å². The van der Waals surface area contributed by atoms with Gasteiger partial charge >= 0.3 is 0 Å². The molecule has 0 radical (unpaired) electrons. The summed E-state index contributed by atoms with van der Waals surface area (Å²) in [7, 11) is 0. The van der Waals surface area contributed by atoms with E-state index in [0.29, 0.717) is 16.1 Å². The van der Waals surface area contributed by atoms with E-state index in [2.05, 4.69) is 24.8 Å². The van der Waals surface area contributed by atoms with E-state index in [0.717, 1.165) is 23.8 Å². The SMILES string of the molecule is CC(C)C(=O)c1sc(N2CCSC(C)(C)C2)c(C#N)c1N. The van der Waals surface area contributed by atoms with Crippen LogP contribution in [0, 0.1) is 17.2 Å². The van der Waals surface area contributed by atoms with Crippen molar-refractivity contribution in [2.45, 2.75) is 32.4 Å². The number of hydrogen-bond acceptors (Lipinski definition) is 6. The maximum Gasteiger partial charge on any atom is 0.177 e. The van der Waals surface area contributed by atoms with E-state index in [1.807, 2.05) is 25.6 Å². The third kappa shape index (κ3) is 3.19. The number of anilines is 2. The number of thioether (sulfide) groups is 1. The van der Waals surface area contributed by atoms with E-state index in [1.54, 1.807) is 0 Å². The van der Waals surface area contributed by atoms with E-state index in [9.17, 15) is 10.1 Å². The Kier molecular flexibility index (Phi) is 4.54. The molecule has 2 heterocycles. The van der Waals surface area contributed by atoms with Gasteiger partial charge in [-0.2, -0.15) is 17.0 Å². The van der Waals surface area contributed by atoms with Crippen molar-refractivity contribution in [3.63, 3.8) is 0 Å². The average Bonchev–Trinajstić information content (AvgIpc) is 2.73. The van der Waals surface area contributed by atoms with Crippen molar-refractivity contribution in [3.8, 4) is 6.07 Å². The van der Waals surface area contributed by atoms with Gasteiger partial charge in [-0.3, -0.25) is 4.79 Å². The number of thiophene rings is 1. The van der Waals surface area contributed by atoms with Crippen LogP contribution < -0.4 is 10.6 Å². The van der Waals surface area contributed by atoms with Gasteiger partial charge in [0.15, 0.2) is 5.78 Å². The van der Waals surface area contributed by atoms with Gasteiger partial charge in [-0.05, 0) is 13.8 Å². The van der Waals surface area contributed by atoms with Crippen LogP contribution in [0.5, 0.6) is 0 Å². The lowest BCUT2D eigenvalue weighted by Crippen LogP contribution is -2.43. The smallest absolute Gasteiger partial charge is 0.177 e. The normalized spacial score (nSPS) is 17.8. The largest absolute Gasteiger partial charge is 0.396 e. The second-order valence-electron chi connectivity index (χ2n) is 6.19. The Morgan fingerprint density at radius 3 is 2.67 bits per heavy atom. The third-order valence-corrected chi connectivity index (χ3v) is 6.08. The first kappa shape index (κ1) is 16.2. The summed E-state index contributed by atoms with van der Waals surface area (Å²) in [4.78, 5) is 15.0. The number of ketones is 1. The zero-order valence-electron chi connectivity index (χ0n) is 12.9. The molecule has 1 aromatic rings. The molecule has 1 saturated heterocycles. The Hall–Kier alpha value is -1.19. The second-order valence-corrected chi connectivity index (χ2v) is 8.99. The Bertz CT molecular complexity index is 599. The summed E-state index contributed by atoms with van der Waals surface area (Å²) in [5.41, 5.74) is 6.88. The van der Waals surface area contributed by atoms with E-state index in [1.165, 1.54) is 11.3 Å². The van der Waals surface area contributed by atoms with Gasteiger partial charge in [-0.15, -0.1) is 11.3 Å². The van der Waals surface area contributed by atoms with Crippen molar-refractivity contribution in [2.24, 2.45) is 5.92 Å². The molecule has 114 valence electrons. The predicted molar refractivity (Wildman–Crippen MR) is 91.4 cm³/mol. The number of carbonyl (C=O) groups excluding carboxylic acids is 1. The molecule has 0 amide bonds. The maximum atomic E-state index is 12.3. The highest BCUT2D eigenvalue weighted by Gasteiger charge is 2.31. The van der Waals surface area contributed by atoms with Crippen molar-refractivity contribution in [3.05, 3.63) is 10.4 Å². The van der Waals surface area contributed by atoms with Gasteiger partial charge in [0.05, 0.1) is 10.6 Å². The van der Waals surface area contributed by atoms with Crippen molar-refractivity contribution in [1.29, 1.82) is 5.26 Å². The highest BCUT2D eigenvalue weighted by Crippen LogP contribution is 2.42. The summed E-state index contributed by atoms with van der Waals surface area (Å²) < 4.78 is 0.145. The molecular formula is C15H21N3OS2. The fraction of sp³-hybridized carbons (Fsp3) is 0.600. The van der Waals surface area contributed by atoms with Gasteiger partial charge < -0.3 is 10.6 Å². The molecular weight excluding hydrogens is 302 g/mol. The van der Waals surface area contributed by atoms with Gasteiger partial charge in [-0.1, -0.05) is 13.8 Å². The molecule has 0 saturated carbocycles. The second kappa shape index (κ2) is 5.90. The summed E-state index contributed by atoms with van der Waals surface area (Å²) in [6.07, 6.45) is 0. The van der Waals surface area contributed by atoms with E-state index in [-0.39, 0.29) is 16.4 Å². The summed E-state index contributed by atoms with van der Waals surface area (Å²) in [5, 5.41) is 10.3. The number of nitrogens with two attached hydrogens (primary N) is 1. The van der Waals surface area contributed by atoms with Gasteiger partial charge in [0.2, 0.25) is 0 Å². The molecule has 0 aliphatic carbocycles. The molecule has 1 aromatic heterocycles. The van der Waals surface area contributed by atoms with Crippen LogP contribution in [0.2, 0.25) is 0 Å². The van der Waals surface area contributed by atoms with Crippen LogP contribution in [0.15, 0.2) is 0 Å². The van der Waals surface area contributed by atoms with Gasteiger partial charge in [0.25, 0.3) is 0 Å². The van der Waals surface area contributed by atoms with Gasteiger partial charge in [0, 0.05) is 29.5 Å². The molecule has 0 aromatic carbocycles. The highest BCUT2D eigenvalue weighted by molar-refractivity contribution is 8.00. The number of hydrogen-bond donors (Lipinski definition) is 1. The van der Waals surface area contributed by atoms with Crippen LogP contribution in [-0.2, 0) is 0 Å². The quantitative estimate of drug-likeness (QED) is 0.864. The number of carbonyl (C=O) groups is 1. The average molecular weight is 323 g/mol. The van der Waals surface area contributed by atoms with Crippen molar-refractivity contribution in [2.75, 3.05) is 29.5 Å². The first-order chi connectivity index (χ1) is 9.76. The Balaban J connectivity index is 2.43. The minimum Gasteiger partial charge on any atom is -0.396 e. The minimum absolute atomic E-state index is 0.0193. The van der Waals surface area contributed by atoms with E-state index < -0.39 is 0 Å². The molecule has 21 heavy (non-hydrogen) atoms. The van der Waals surface area contributed by atoms with Gasteiger partial charge in [-0.25, -0.2) is 0 Å². The lowest BCUT2D eigenvalue weighted by molar-refractivity contribution is 0.0944. The Morgan fingerprint density at radius 2 is 2.14 bits per heavy atom. The van der Waals surface area contributed by atoms with Crippen LogP contribution >= 0.6 is 23.1 Å². The maximum absolute atomic E-state index is 12.3. The molecule has 2 rings (SSSR count). The first-order valence-corrected chi connectivity index (χ1v) is 8.82. The topological polar surface area (TPSA) is 70.1 Å². The molecule has 1 fully saturated rings. The fourth-order valence-corrected chi connectivity index (χ4v) is 4.79. The fourth-order valence-electron chi connectivity index (χ4n) is 2.40. The van der Waals surface area contributed by atoms with Crippen LogP contribution in [0.1, 0.15) is 42.9 Å². The lowest BCUT2D eigenvalue weighted by atomic mass is 10.1. The molecule has 0 bridgehead atoms. The standard InChI is InChI=1S/C15H21N3OS2/c1-9(2)12(19)13-11(17)10(7-16)14(21-13)18-5-6-20-15(3,4)8-18/h9H,5-6,8,17H2,1-4H3. The Labute approximate surface area is 134 Å². The summed E-state index contributed by atoms with van der Waals surface area (Å²) in [5.74, 6) is 0.924. The first-order valence-electron chi connectivity index (χ1n) is 7.02. The summed E-state index contributed by atoms with van der Waals surface area (Å²) in [6.45, 7) is 9.86. The molecule has 2 N–H and O–H groups in total. The van der Waals surface area contributed by atoms with Crippen LogP contribution in [0.3, 0.4) is 0 Å². The van der Waals surface area contributed by atoms with E-state index >= 15 is 0 Å². The summed E-state index contributed by atoms with van der Waals surface area (Å²) in [6, 6.07) is 2.19. The number of nitriles is 1. The van der Waals surface area contributed by atoms with Crippen LogP contribution in [-0.4, -0.2) is 29.4 Å². The van der Waals surface area contributed by atoms with Gasteiger partial charge in [0.1, 0.15) is 16.6 Å². The molecule has 0 spiro atoms. The molecule has 0 atom stereocenters. The molecule has 1 aliphatic rings. The zero-order valence-corrected chi connectivity index (χ0v) is 14.5. The zero-order chi connectivity index (χ0) is 15.8. The van der Waals surface area contributed by atoms with Crippen molar-refractivity contribution < 1.29 is 4.79 Å². The predicted octanol–water partition coefficient (Wildman–Crippen LogP) is 3.37. The van der Waals surface area contributed by atoms with Crippen molar-refractivity contribution in [1.82, 2.24) is 0 Å². The molecule has 4 nitrogen and oxygen atoms in total. The number of rotatable bonds is 3. The summed E-state index contributed by atoms with van der Waals surface area (Å²) >= 11 is 3.31. The minimum atomic E-state index is -0.112. The Morgan fingerprint density at radius 1 is 1.48 bits per heavy atom. The van der Waals surface area contributed by atoms with Crippen LogP contribution in [0.4, 0.5) is 10.7 Å². The molecule has 0 unspecified atom stereocenters. The third-order valence-electron chi connectivity index (χ3n) is 3.50. The number of nitrogen functional groups attached to an aromatic ring is 1. The highest BCUT2D eigenvalue weighted by atomic mass is 32.2. The molecule has 1 aliphatic heterocycles. The van der Waals surface area contributed by atoms with Crippen LogP contribution in [0.25, 0.3) is 0 Å². The van der Waals surface area contributed by atoms with Crippen molar-refractivity contribution >= 4 is 39.6 Å². The number of Topliss-reactive ketones (excluding diaryl/α,β-unsaturated/α-hetero) is 1. The lowest BCUT2D eigenvalue weighted by Gasteiger charge is -2.38. The molecule has 6 heteroatoms. The monoisotopic (exact) mass is 323 g/mol.